The largest absolute Gasteiger partial charge is 0.490 e. The maximum absolute atomic E-state index is 11.6. The van der Waals surface area contributed by atoms with Crippen LogP contribution in [0.5, 0.6) is 5.75 Å². The van der Waals surface area contributed by atoms with Crippen molar-refractivity contribution in [1.82, 2.24) is 5.32 Å². The fourth-order valence-corrected chi connectivity index (χ4v) is 1.87. The van der Waals surface area contributed by atoms with E-state index in [-0.39, 0.29) is 30.7 Å². The Morgan fingerprint density at radius 3 is 2.58 bits per heavy atom. The van der Waals surface area contributed by atoms with Crippen molar-refractivity contribution in [2.24, 2.45) is 0 Å². The summed E-state index contributed by atoms with van der Waals surface area (Å²) < 4.78 is 15.6. The molecule has 134 valence electrons. The highest BCUT2D eigenvalue weighted by Gasteiger charge is 2.18. The Morgan fingerprint density at radius 1 is 1.38 bits per heavy atom. The Balaban J connectivity index is 2.48. The smallest absolute Gasteiger partial charge is 0.407 e. The molecule has 0 saturated heterocycles. The van der Waals surface area contributed by atoms with Gasteiger partial charge in [0.1, 0.15) is 5.60 Å². The van der Waals surface area contributed by atoms with E-state index in [1.165, 1.54) is 19.2 Å². The van der Waals surface area contributed by atoms with Crippen LogP contribution in [0.2, 0.25) is 0 Å². The van der Waals surface area contributed by atoms with Crippen molar-refractivity contribution in [3.63, 3.8) is 0 Å². The van der Waals surface area contributed by atoms with Crippen LogP contribution in [0.15, 0.2) is 18.2 Å². The Morgan fingerprint density at radius 2 is 2.04 bits per heavy atom. The molecule has 8 nitrogen and oxygen atoms in total. The molecule has 0 fully saturated rings. The van der Waals surface area contributed by atoms with Crippen LogP contribution in [-0.2, 0) is 16.1 Å². The Labute approximate surface area is 141 Å². The average Bonchev–Trinajstić information content (AvgIpc) is 2.44. The second-order valence-corrected chi connectivity index (χ2v) is 6.33. The van der Waals surface area contributed by atoms with Crippen molar-refractivity contribution in [3.05, 3.63) is 33.9 Å². The summed E-state index contributed by atoms with van der Waals surface area (Å²) in [5.41, 5.74) is -0.0299. The molecule has 1 rings (SSSR count). The summed E-state index contributed by atoms with van der Waals surface area (Å²) >= 11 is 0. The maximum Gasteiger partial charge on any atom is 0.407 e. The monoisotopic (exact) mass is 340 g/mol. The van der Waals surface area contributed by atoms with E-state index in [0.29, 0.717) is 5.56 Å². The predicted molar refractivity (Wildman–Crippen MR) is 88.1 cm³/mol. The molecule has 1 amide bonds. The summed E-state index contributed by atoms with van der Waals surface area (Å²) in [5.74, 6) is 0.198. The van der Waals surface area contributed by atoms with E-state index in [0.717, 1.165) is 0 Å². The van der Waals surface area contributed by atoms with Crippen LogP contribution in [0.4, 0.5) is 10.5 Å². The standard InChI is InChI=1S/C16H24N2O6/c1-11(17-15(19)24-16(2,3)4)9-23-10-12-6-7-14(22-5)13(8-12)18(20)21/h6-8,11H,9-10H2,1-5H3,(H,17,19). The second-order valence-electron chi connectivity index (χ2n) is 6.33. The number of nitro benzene ring substituents is 1. The molecule has 0 aliphatic rings. The normalized spacial score (nSPS) is 12.4. The Bertz CT molecular complexity index is 582. The lowest BCUT2D eigenvalue weighted by molar-refractivity contribution is -0.385. The molecule has 0 bridgehead atoms. The van der Waals surface area contributed by atoms with Crippen LogP contribution >= 0.6 is 0 Å². The third kappa shape index (κ3) is 6.82. The van der Waals surface area contributed by atoms with Gasteiger partial charge in [0, 0.05) is 6.07 Å². The first kappa shape index (κ1) is 19.7. The first-order chi connectivity index (χ1) is 11.1. The van der Waals surface area contributed by atoms with Crippen LogP contribution in [0.25, 0.3) is 0 Å². The number of nitro groups is 1. The predicted octanol–water partition coefficient (Wildman–Crippen LogP) is 3.03. The molecule has 1 N–H and O–H groups in total. The number of hydrogen-bond donors (Lipinski definition) is 1. The maximum atomic E-state index is 11.6. The summed E-state index contributed by atoms with van der Waals surface area (Å²) in [4.78, 5) is 22.1. The molecule has 0 radical (unpaired) electrons. The lowest BCUT2D eigenvalue weighted by Gasteiger charge is -2.21. The van der Waals surface area contributed by atoms with Gasteiger partial charge in [-0.15, -0.1) is 0 Å². The summed E-state index contributed by atoms with van der Waals surface area (Å²) in [6.07, 6.45) is -0.515. The number of benzene rings is 1. The quantitative estimate of drug-likeness (QED) is 0.605. The summed E-state index contributed by atoms with van der Waals surface area (Å²) in [7, 11) is 1.38. The van der Waals surface area contributed by atoms with Crippen LogP contribution < -0.4 is 10.1 Å². The van der Waals surface area contributed by atoms with Crippen molar-refractivity contribution in [2.45, 2.75) is 45.9 Å². The highest BCUT2D eigenvalue weighted by Crippen LogP contribution is 2.27. The van der Waals surface area contributed by atoms with E-state index < -0.39 is 16.6 Å². The molecule has 0 saturated carbocycles. The molecular weight excluding hydrogens is 316 g/mol. The van der Waals surface area contributed by atoms with Gasteiger partial charge in [0.25, 0.3) is 0 Å². The first-order valence-corrected chi connectivity index (χ1v) is 7.51. The van der Waals surface area contributed by atoms with Crippen LogP contribution in [-0.4, -0.2) is 36.4 Å². The Hall–Kier alpha value is -2.35. The zero-order valence-corrected chi connectivity index (χ0v) is 14.6. The minimum atomic E-state index is -0.563. The number of alkyl carbamates (subject to hydrolysis) is 1. The number of methoxy groups -OCH3 is 1. The number of rotatable bonds is 7. The zero-order valence-electron chi connectivity index (χ0n) is 14.6. The third-order valence-corrected chi connectivity index (χ3v) is 2.84. The fourth-order valence-electron chi connectivity index (χ4n) is 1.87. The van der Waals surface area contributed by atoms with E-state index >= 15 is 0 Å². The van der Waals surface area contributed by atoms with Crippen molar-refractivity contribution in [1.29, 1.82) is 0 Å². The van der Waals surface area contributed by atoms with Crippen LogP contribution in [0, 0.1) is 10.1 Å². The molecule has 1 unspecified atom stereocenters. The summed E-state index contributed by atoms with van der Waals surface area (Å²) in [6, 6.07) is 4.37. The number of nitrogens with zero attached hydrogens (tertiary/aromatic N) is 1. The molecule has 0 aliphatic carbocycles. The second kappa shape index (κ2) is 8.49. The highest BCUT2D eigenvalue weighted by atomic mass is 16.6. The van der Waals surface area contributed by atoms with Gasteiger partial charge >= 0.3 is 11.8 Å². The van der Waals surface area contributed by atoms with Gasteiger partial charge in [-0.2, -0.15) is 0 Å². The summed E-state index contributed by atoms with van der Waals surface area (Å²) in [5, 5.41) is 13.6. The number of carbonyl (C=O) groups excluding carboxylic acids is 1. The topological polar surface area (TPSA) is 99.9 Å². The molecule has 0 heterocycles. The van der Waals surface area contributed by atoms with Gasteiger partial charge in [-0.05, 0) is 39.3 Å². The van der Waals surface area contributed by atoms with E-state index in [1.807, 2.05) is 0 Å². The molecule has 8 heteroatoms. The van der Waals surface area contributed by atoms with Gasteiger partial charge in [-0.3, -0.25) is 10.1 Å². The SMILES string of the molecule is COc1ccc(COCC(C)NC(=O)OC(C)(C)C)cc1[N+](=O)[O-]. The van der Waals surface area contributed by atoms with Gasteiger partial charge in [-0.1, -0.05) is 6.07 Å². The van der Waals surface area contributed by atoms with E-state index in [9.17, 15) is 14.9 Å². The van der Waals surface area contributed by atoms with E-state index in [4.69, 9.17) is 14.2 Å². The van der Waals surface area contributed by atoms with Gasteiger partial charge in [0.05, 0.1) is 31.3 Å². The number of nitrogens with one attached hydrogen (secondary N) is 1. The number of carbonyl (C=O) groups is 1. The van der Waals surface area contributed by atoms with Gasteiger partial charge < -0.3 is 19.5 Å². The van der Waals surface area contributed by atoms with Crippen molar-refractivity contribution >= 4 is 11.8 Å². The molecule has 24 heavy (non-hydrogen) atoms. The molecule has 0 aromatic heterocycles. The molecule has 0 spiro atoms. The Kier molecular flexibility index (Phi) is 6.97. The fraction of sp³-hybridized carbons (Fsp3) is 0.562. The first-order valence-electron chi connectivity index (χ1n) is 7.51. The van der Waals surface area contributed by atoms with Crippen molar-refractivity contribution in [3.8, 4) is 5.75 Å². The van der Waals surface area contributed by atoms with Crippen LogP contribution in [0.1, 0.15) is 33.3 Å². The van der Waals surface area contributed by atoms with E-state index in [1.54, 1.807) is 33.8 Å². The van der Waals surface area contributed by atoms with Crippen molar-refractivity contribution < 1.29 is 23.9 Å². The zero-order chi connectivity index (χ0) is 18.3. The lowest BCUT2D eigenvalue weighted by Crippen LogP contribution is -2.39. The molecule has 1 aromatic rings. The van der Waals surface area contributed by atoms with Gasteiger partial charge in [0.2, 0.25) is 0 Å². The van der Waals surface area contributed by atoms with Gasteiger partial charge in [-0.25, -0.2) is 4.79 Å². The summed E-state index contributed by atoms with van der Waals surface area (Å²) in [6.45, 7) is 7.56. The molecule has 1 aromatic carbocycles. The minimum absolute atomic E-state index is 0.112. The highest BCUT2D eigenvalue weighted by molar-refractivity contribution is 5.68. The average molecular weight is 340 g/mol. The minimum Gasteiger partial charge on any atom is -0.490 e. The molecule has 1 atom stereocenters. The number of ether oxygens (including phenoxy) is 3. The van der Waals surface area contributed by atoms with E-state index in [2.05, 4.69) is 5.32 Å². The van der Waals surface area contributed by atoms with Gasteiger partial charge in [0.15, 0.2) is 5.75 Å². The van der Waals surface area contributed by atoms with Crippen LogP contribution in [0.3, 0.4) is 0 Å². The number of hydrogen-bond acceptors (Lipinski definition) is 6. The number of amides is 1. The third-order valence-electron chi connectivity index (χ3n) is 2.84. The molecule has 0 aliphatic heterocycles. The molecular formula is C16H24N2O6. The lowest BCUT2D eigenvalue weighted by atomic mass is 10.2. The van der Waals surface area contributed by atoms with Crippen molar-refractivity contribution in [2.75, 3.05) is 13.7 Å².